The molecule has 1 aliphatic rings. The van der Waals surface area contributed by atoms with Gasteiger partial charge in [0, 0.05) is 17.8 Å². The van der Waals surface area contributed by atoms with Crippen molar-refractivity contribution >= 4 is 59.6 Å². The number of thiophene rings is 2. The number of fused-ring (bicyclic) bond motifs is 1. The molecule has 1 aromatic carbocycles. The highest BCUT2D eigenvalue weighted by atomic mass is 32.2. The number of benzene rings is 1. The Morgan fingerprint density at radius 3 is 2.46 bits per heavy atom. The number of hydrogen-bond acceptors (Lipinski definition) is 6. The van der Waals surface area contributed by atoms with Crippen LogP contribution in [0.3, 0.4) is 0 Å². The molecule has 0 bridgehead atoms. The summed E-state index contributed by atoms with van der Waals surface area (Å²) in [4.78, 5) is 24.9. The quantitative estimate of drug-likeness (QED) is 0.642. The molecule has 0 spiro atoms. The third kappa shape index (κ3) is 3.44. The highest BCUT2D eigenvalue weighted by Crippen LogP contribution is 2.35. The molecule has 146 valence electrons. The summed E-state index contributed by atoms with van der Waals surface area (Å²) in [6.45, 7) is 0.908. The fourth-order valence-corrected chi connectivity index (χ4v) is 7.08. The second kappa shape index (κ2) is 7.28. The Labute approximate surface area is 169 Å². The van der Waals surface area contributed by atoms with Crippen molar-refractivity contribution in [1.29, 1.82) is 0 Å². The first kappa shape index (κ1) is 19.1. The minimum Gasteiger partial charge on any atom is -0.366 e. The van der Waals surface area contributed by atoms with Gasteiger partial charge in [0.15, 0.2) is 0 Å². The van der Waals surface area contributed by atoms with Crippen molar-refractivity contribution in [2.24, 2.45) is 5.73 Å². The van der Waals surface area contributed by atoms with Crippen LogP contribution in [0.1, 0.15) is 32.9 Å². The van der Waals surface area contributed by atoms with Crippen molar-refractivity contribution in [2.45, 2.75) is 17.1 Å². The van der Waals surface area contributed by atoms with Gasteiger partial charge in [-0.3, -0.25) is 9.59 Å². The zero-order valence-electron chi connectivity index (χ0n) is 14.7. The summed E-state index contributed by atoms with van der Waals surface area (Å²) in [6.07, 6.45) is 1.62. The van der Waals surface area contributed by atoms with E-state index < -0.39 is 21.8 Å². The number of nitrogens with two attached hydrogens (primary N) is 1. The van der Waals surface area contributed by atoms with Gasteiger partial charge in [-0.25, -0.2) is 8.42 Å². The topological polar surface area (TPSA) is 110 Å². The molecule has 7 nitrogen and oxygen atoms in total. The molecule has 1 fully saturated rings. The highest BCUT2D eigenvalue weighted by Gasteiger charge is 2.31. The minimum atomic E-state index is -3.70. The number of primary amides is 1. The maximum atomic E-state index is 12.8. The van der Waals surface area contributed by atoms with Crippen LogP contribution in [-0.2, 0) is 10.0 Å². The van der Waals surface area contributed by atoms with Gasteiger partial charge in [-0.05, 0) is 36.4 Å². The SMILES string of the molecule is NC(=O)c1cc(S(=O)(=O)N2CCCC2)sc1NC(=O)c1cc2ccccc2s1. The number of carbonyl (C=O) groups excluding carboxylic acids is 2. The first-order valence-corrected chi connectivity index (χ1v) is 11.7. The molecule has 0 unspecified atom stereocenters. The van der Waals surface area contributed by atoms with Crippen LogP contribution in [0.25, 0.3) is 10.1 Å². The van der Waals surface area contributed by atoms with Gasteiger partial charge in [-0.2, -0.15) is 4.31 Å². The molecule has 0 aliphatic carbocycles. The Kier molecular flexibility index (Phi) is 4.96. The van der Waals surface area contributed by atoms with E-state index in [2.05, 4.69) is 5.32 Å². The van der Waals surface area contributed by atoms with Crippen LogP contribution in [-0.4, -0.2) is 37.6 Å². The van der Waals surface area contributed by atoms with E-state index in [0.29, 0.717) is 18.0 Å². The van der Waals surface area contributed by atoms with E-state index in [-0.39, 0.29) is 14.8 Å². The van der Waals surface area contributed by atoms with Crippen molar-refractivity contribution in [3.63, 3.8) is 0 Å². The summed E-state index contributed by atoms with van der Waals surface area (Å²) in [5, 5.41) is 3.75. The molecule has 1 aliphatic heterocycles. The minimum absolute atomic E-state index is 0.00256. The molecule has 3 N–H and O–H groups in total. The molecular weight excluding hydrogens is 418 g/mol. The van der Waals surface area contributed by atoms with Crippen LogP contribution in [0.5, 0.6) is 0 Å². The first-order valence-electron chi connectivity index (χ1n) is 8.60. The molecule has 28 heavy (non-hydrogen) atoms. The smallest absolute Gasteiger partial charge is 0.266 e. The molecule has 0 saturated carbocycles. The predicted octanol–water partition coefficient (Wildman–Crippen LogP) is 3.10. The van der Waals surface area contributed by atoms with Crippen molar-refractivity contribution in [2.75, 3.05) is 18.4 Å². The number of hydrogen-bond donors (Lipinski definition) is 2. The largest absolute Gasteiger partial charge is 0.366 e. The van der Waals surface area contributed by atoms with Crippen LogP contribution in [0.2, 0.25) is 0 Å². The van der Waals surface area contributed by atoms with Gasteiger partial charge in [0.05, 0.1) is 10.4 Å². The lowest BCUT2D eigenvalue weighted by atomic mass is 10.2. The van der Waals surface area contributed by atoms with Gasteiger partial charge >= 0.3 is 0 Å². The summed E-state index contributed by atoms with van der Waals surface area (Å²) in [7, 11) is -3.70. The van der Waals surface area contributed by atoms with Crippen molar-refractivity contribution in [3.05, 3.63) is 46.8 Å². The maximum Gasteiger partial charge on any atom is 0.266 e. The fraction of sp³-hybridized carbons (Fsp3) is 0.222. The van der Waals surface area contributed by atoms with Gasteiger partial charge < -0.3 is 11.1 Å². The number of nitrogens with zero attached hydrogens (tertiary/aromatic N) is 1. The van der Waals surface area contributed by atoms with Gasteiger partial charge in [-0.1, -0.05) is 18.2 Å². The molecule has 1 saturated heterocycles. The summed E-state index contributed by atoms with van der Waals surface area (Å²) in [6, 6.07) is 10.6. The Morgan fingerprint density at radius 1 is 1.07 bits per heavy atom. The third-order valence-electron chi connectivity index (χ3n) is 4.51. The van der Waals surface area contributed by atoms with Crippen molar-refractivity contribution in [1.82, 2.24) is 4.31 Å². The average Bonchev–Trinajstić information content (AvgIpc) is 3.40. The molecular formula is C18H17N3O4S3. The lowest BCUT2D eigenvalue weighted by molar-refractivity contribution is 0.100. The second-order valence-electron chi connectivity index (χ2n) is 6.39. The lowest BCUT2D eigenvalue weighted by Crippen LogP contribution is -2.27. The van der Waals surface area contributed by atoms with Gasteiger partial charge in [0.1, 0.15) is 9.21 Å². The first-order chi connectivity index (χ1) is 13.4. The van der Waals surface area contributed by atoms with Gasteiger partial charge in [-0.15, -0.1) is 22.7 Å². The van der Waals surface area contributed by atoms with E-state index in [1.807, 2.05) is 24.3 Å². The molecule has 3 aromatic rings. The monoisotopic (exact) mass is 435 g/mol. The number of carbonyl (C=O) groups is 2. The third-order valence-corrected chi connectivity index (χ3v) is 9.02. The van der Waals surface area contributed by atoms with Crippen molar-refractivity contribution < 1.29 is 18.0 Å². The fourth-order valence-electron chi connectivity index (χ4n) is 3.09. The average molecular weight is 436 g/mol. The standard InChI is InChI=1S/C18H17N3O4S3/c19-16(22)12-10-15(28(24,25)21-7-3-4-8-21)27-18(12)20-17(23)14-9-11-5-1-2-6-13(11)26-14/h1-2,5-6,9-10H,3-4,7-8H2,(H2,19,22)(H,20,23). The zero-order chi connectivity index (χ0) is 19.9. The van der Waals surface area contributed by atoms with E-state index in [0.717, 1.165) is 34.3 Å². The molecule has 4 rings (SSSR count). The number of amides is 2. The number of nitrogens with one attached hydrogen (secondary N) is 1. The second-order valence-corrected chi connectivity index (χ2v) is 10.7. The van der Waals surface area contributed by atoms with Crippen LogP contribution in [0, 0.1) is 0 Å². The van der Waals surface area contributed by atoms with Gasteiger partial charge in [0.2, 0.25) is 0 Å². The molecule has 2 aromatic heterocycles. The number of rotatable bonds is 5. The van der Waals surface area contributed by atoms with E-state index in [1.165, 1.54) is 21.7 Å². The van der Waals surface area contributed by atoms with Crippen LogP contribution in [0.4, 0.5) is 5.00 Å². The summed E-state index contributed by atoms with van der Waals surface area (Å²) >= 11 is 2.18. The van der Waals surface area contributed by atoms with E-state index in [1.54, 1.807) is 6.07 Å². The molecule has 2 amide bonds. The lowest BCUT2D eigenvalue weighted by Gasteiger charge is -2.13. The van der Waals surface area contributed by atoms with Crippen molar-refractivity contribution in [3.8, 4) is 0 Å². The summed E-state index contributed by atoms with van der Waals surface area (Å²) in [5.74, 6) is -1.19. The van der Waals surface area contributed by atoms with Crippen LogP contribution < -0.4 is 11.1 Å². The normalized spacial score (nSPS) is 15.1. The highest BCUT2D eigenvalue weighted by molar-refractivity contribution is 7.91. The number of anilines is 1. The molecule has 0 atom stereocenters. The van der Waals surface area contributed by atoms with E-state index >= 15 is 0 Å². The molecule has 3 heterocycles. The van der Waals surface area contributed by atoms with Crippen LogP contribution >= 0.6 is 22.7 Å². The Bertz CT molecular complexity index is 1140. The maximum absolute atomic E-state index is 12.8. The zero-order valence-corrected chi connectivity index (χ0v) is 17.1. The van der Waals surface area contributed by atoms with E-state index in [9.17, 15) is 18.0 Å². The van der Waals surface area contributed by atoms with Crippen LogP contribution in [0.15, 0.2) is 40.6 Å². The molecule has 10 heteroatoms. The van der Waals surface area contributed by atoms with E-state index in [4.69, 9.17) is 5.73 Å². The van der Waals surface area contributed by atoms with Gasteiger partial charge in [0.25, 0.3) is 21.8 Å². The Morgan fingerprint density at radius 2 is 1.79 bits per heavy atom. The Hall–Kier alpha value is -2.27. The predicted molar refractivity (Wildman–Crippen MR) is 111 cm³/mol. The Balaban J connectivity index is 1.66. The molecule has 0 radical (unpaired) electrons. The number of sulfonamides is 1. The summed E-state index contributed by atoms with van der Waals surface area (Å²) in [5.41, 5.74) is 5.41. The summed E-state index contributed by atoms with van der Waals surface area (Å²) < 4.78 is 27.9.